The van der Waals surface area contributed by atoms with Gasteiger partial charge in [0.05, 0.1) is 18.3 Å². The maximum absolute atomic E-state index is 11.1. The molecular formula is C29H35NO4. The second-order valence-electron chi connectivity index (χ2n) is 10.5. The van der Waals surface area contributed by atoms with E-state index in [4.69, 9.17) is 14.6 Å². The van der Waals surface area contributed by atoms with Crippen molar-refractivity contribution in [1.29, 1.82) is 0 Å². The molecule has 0 aliphatic carbocycles. The lowest BCUT2D eigenvalue weighted by molar-refractivity contribution is -0.182. The normalized spacial score (nSPS) is 17.6. The molecule has 0 amide bonds. The van der Waals surface area contributed by atoms with Gasteiger partial charge in [-0.3, -0.25) is 9.69 Å². The number of hydrogen-bond donors (Lipinski definition) is 1. The van der Waals surface area contributed by atoms with Crippen molar-refractivity contribution in [2.24, 2.45) is 0 Å². The smallest absolute Gasteiger partial charge is 0.303 e. The van der Waals surface area contributed by atoms with Crippen molar-refractivity contribution in [3.8, 4) is 16.9 Å². The van der Waals surface area contributed by atoms with Crippen LogP contribution in [0.25, 0.3) is 21.9 Å². The third-order valence-corrected chi connectivity index (χ3v) is 6.34. The molecule has 0 spiro atoms. The Labute approximate surface area is 202 Å². The van der Waals surface area contributed by atoms with Gasteiger partial charge in [-0.05, 0) is 67.6 Å². The number of hydrogen-bond acceptors (Lipinski definition) is 4. The number of aryl methyl sites for hydroxylation is 1. The Morgan fingerprint density at radius 2 is 1.65 bits per heavy atom. The number of rotatable bonds is 7. The third kappa shape index (κ3) is 5.43. The van der Waals surface area contributed by atoms with Gasteiger partial charge in [-0.1, -0.05) is 48.5 Å². The van der Waals surface area contributed by atoms with Crippen molar-refractivity contribution in [3.05, 3.63) is 65.7 Å². The van der Waals surface area contributed by atoms with Crippen molar-refractivity contribution in [2.45, 2.75) is 58.3 Å². The number of methoxy groups -OCH3 is 1. The van der Waals surface area contributed by atoms with Gasteiger partial charge in [-0.15, -0.1) is 0 Å². The highest BCUT2D eigenvalue weighted by Crippen LogP contribution is 2.37. The lowest BCUT2D eigenvalue weighted by Gasteiger charge is -2.47. The second kappa shape index (κ2) is 9.40. The highest BCUT2D eigenvalue weighted by Gasteiger charge is 2.37. The lowest BCUT2D eigenvalue weighted by atomic mass is 9.93. The molecule has 0 bridgehead atoms. The van der Waals surface area contributed by atoms with Crippen LogP contribution in [0.2, 0.25) is 0 Å². The van der Waals surface area contributed by atoms with E-state index in [2.05, 4.69) is 69.0 Å². The number of benzene rings is 3. The Hall–Kier alpha value is -2.89. The number of carboxylic acids is 1. The van der Waals surface area contributed by atoms with Gasteiger partial charge in [0.1, 0.15) is 5.75 Å². The van der Waals surface area contributed by atoms with Crippen LogP contribution >= 0.6 is 0 Å². The maximum atomic E-state index is 11.1. The summed E-state index contributed by atoms with van der Waals surface area (Å²) in [5.41, 5.74) is 4.01. The number of ether oxygens (including phenoxy) is 2. The molecule has 0 aromatic heterocycles. The second-order valence-corrected chi connectivity index (χ2v) is 10.5. The zero-order valence-electron chi connectivity index (χ0n) is 20.9. The molecule has 34 heavy (non-hydrogen) atoms. The number of aliphatic carboxylic acids is 1. The predicted molar refractivity (Wildman–Crippen MR) is 136 cm³/mol. The van der Waals surface area contributed by atoms with E-state index in [0.29, 0.717) is 6.42 Å². The van der Waals surface area contributed by atoms with Crippen molar-refractivity contribution in [1.82, 2.24) is 4.90 Å². The molecule has 5 heteroatoms. The van der Waals surface area contributed by atoms with Crippen LogP contribution in [-0.4, -0.2) is 47.4 Å². The molecule has 1 fully saturated rings. The first-order valence-electron chi connectivity index (χ1n) is 11.9. The Bertz CT molecular complexity index is 1180. The van der Waals surface area contributed by atoms with Gasteiger partial charge in [0.2, 0.25) is 0 Å². The van der Waals surface area contributed by atoms with Gasteiger partial charge < -0.3 is 14.6 Å². The molecule has 1 heterocycles. The summed E-state index contributed by atoms with van der Waals surface area (Å²) >= 11 is 0. The van der Waals surface area contributed by atoms with Gasteiger partial charge in [0.25, 0.3) is 0 Å². The Kier molecular flexibility index (Phi) is 6.70. The summed E-state index contributed by atoms with van der Waals surface area (Å²) < 4.78 is 12.1. The molecular weight excluding hydrogens is 426 g/mol. The molecule has 0 radical (unpaired) electrons. The molecule has 0 atom stereocenters. The quantitative estimate of drug-likeness (QED) is 0.473. The van der Waals surface area contributed by atoms with Crippen molar-refractivity contribution >= 4 is 16.7 Å². The molecule has 3 aromatic carbocycles. The van der Waals surface area contributed by atoms with Crippen LogP contribution in [0, 0.1) is 0 Å². The van der Waals surface area contributed by atoms with E-state index in [0.717, 1.165) is 52.8 Å². The van der Waals surface area contributed by atoms with Gasteiger partial charge in [-0.25, -0.2) is 0 Å². The van der Waals surface area contributed by atoms with E-state index in [1.165, 1.54) is 5.56 Å². The Morgan fingerprint density at radius 3 is 2.32 bits per heavy atom. The third-order valence-electron chi connectivity index (χ3n) is 6.34. The first-order chi connectivity index (χ1) is 16.1. The predicted octanol–water partition coefficient (Wildman–Crippen LogP) is 5.92. The molecule has 0 saturated carbocycles. The Balaban J connectivity index is 1.66. The van der Waals surface area contributed by atoms with Crippen molar-refractivity contribution in [3.63, 3.8) is 0 Å². The number of fused-ring (bicyclic) bond motifs is 1. The van der Waals surface area contributed by atoms with Crippen LogP contribution in [0.15, 0.2) is 54.6 Å². The number of nitrogens with zero attached hydrogens (tertiary/aromatic N) is 1. The SMILES string of the molecule is COc1cc(CN2CC(C)(C)OC(C)(C)C2)ccc1-c1cccc2c(CCC(=O)O)cccc12. The van der Waals surface area contributed by atoms with Gasteiger partial charge in [-0.2, -0.15) is 0 Å². The zero-order chi connectivity index (χ0) is 24.5. The molecule has 4 rings (SSSR count). The van der Waals surface area contributed by atoms with Gasteiger partial charge >= 0.3 is 5.97 Å². The largest absolute Gasteiger partial charge is 0.496 e. The highest BCUT2D eigenvalue weighted by molar-refractivity contribution is 5.99. The van der Waals surface area contributed by atoms with E-state index in [-0.39, 0.29) is 17.6 Å². The van der Waals surface area contributed by atoms with Crippen LogP contribution in [0.3, 0.4) is 0 Å². The lowest BCUT2D eigenvalue weighted by Crippen LogP contribution is -2.56. The van der Waals surface area contributed by atoms with Gasteiger partial charge in [0.15, 0.2) is 0 Å². The monoisotopic (exact) mass is 461 g/mol. The summed E-state index contributed by atoms with van der Waals surface area (Å²) in [7, 11) is 1.72. The molecule has 1 aliphatic heterocycles. The summed E-state index contributed by atoms with van der Waals surface area (Å²) in [6.45, 7) is 11.2. The molecule has 1 aliphatic rings. The average Bonchev–Trinajstić information content (AvgIpc) is 2.75. The molecule has 1 N–H and O–H groups in total. The molecule has 5 nitrogen and oxygen atoms in total. The van der Waals surface area contributed by atoms with E-state index in [1.54, 1.807) is 7.11 Å². The van der Waals surface area contributed by atoms with E-state index in [1.807, 2.05) is 18.2 Å². The van der Waals surface area contributed by atoms with E-state index in [9.17, 15) is 4.79 Å². The van der Waals surface area contributed by atoms with Crippen LogP contribution in [0.5, 0.6) is 5.75 Å². The average molecular weight is 462 g/mol. The summed E-state index contributed by atoms with van der Waals surface area (Å²) in [5, 5.41) is 11.3. The van der Waals surface area contributed by atoms with Gasteiger partial charge in [0, 0.05) is 31.6 Å². The standard InChI is InChI=1S/C29H35NO4/c1-28(2)18-30(19-29(3,4)34-28)17-20-12-14-25(26(16-20)33-5)24-11-7-9-22-21(13-15-27(31)32)8-6-10-23(22)24/h6-12,14,16H,13,15,17-19H2,1-5H3,(H,31,32). The Morgan fingerprint density at radius 1 is 0.971 bits per heavy atom. The van der Waals surface area contributed by atoms with Crippen LogP contribution < -0.4 is 4.74 Å². The first kappa shape index (κ1) is 24.2. The molecule has 1 saturated heterocycles. The fourth-order valence-electron chi connectivity index (χ4n) is 5.44. The van der Waals surface area contributed by atoms with Crippen LogP contribution in [0.1, 0.15) is 45.2 Å². The summed E-state index contributed by atoms with van der Waals surface area (Å²) in [4.78, 5) is 13.5. The number of carboxylic acid groups (broad SMARTS) is 1. The van der Waals surface area contributed by atoms with Crippen LogP contribution in [0.4, 0.5) is 0 Å². The zero-order valence-corrected chi connectivity index (χ0v) is 20.9. The summed E-state index contributed by atoms with van der Waals surface area (Å²) in [6.07, 6.45) is 0.634. The van der Waals surface area contributed by atoms with Crippen molar-refractivity contribution in [2.75, 3.05) is 20.2 Å². The minimum Gasteiger partial charge on any atom is -0.496 e. The topological polar surface area (TPSA) is 59.0 Å². The molecule has 3 aromatic rings. The van der Waals surface area contributed by atoms with E-state index < -0.39 is 5.97 Å². The molecule has 180 valence electrons. The first-order valence-corrected chi connectivity index (χ1v) is 11.9. The summed E-state index contributed by atoms with van der Waals surface area (Å²) in [5.74, 6) is 0.0603. The van der Waals surface area contributed by atoms with E-state index >= 15 is 0 Å². The fraction of sp³-hybridized carbons (Fsp3) is 0.414. The maximum Gasteiger partial charge on any atom is 0.303 e. The number of morpholine rings is 1. The molecule has 0 unspecified atom stereocenters. The number of carbonyl (C=O) groups is 1. The minimum atomic E-state index is -0.780. The highest BCUT2D eigenvalue weighted by atomic mass is 16.5. The summed E-state index contributed by atoms with van der Waals surface area (Å²) in [6, 6.07) is 18.8. The fourth-order valence-corrected chi connectivity index (χ4v) is 5.44. The minimum absolute atomic E-state index is 0.122. The van der Waals surface area contributed by atoms with Crippen LogP contribution in [-0.2, 0) is 22.5 Å². The van der Waals surface area contributed by atoms with Crippen molar-refractivity contribution < 1.29 is 19.4 Å².